The Morgan fingerprint density at radius 2 is 2.00 bits per heavy atom. The number of nitrogens with zero attached hydrogens (tertiary/aromatic N) is 3. The van der Waals surface area contributed by atoms with E-state index in [4.69, 9.17) is 9.47 Å². The molecular weight excluding hydrogens is 354 g/mol. The van der Waals surface area contributed by atoms with Gasteiger partial charge in [0.25, 0.3) is 0 Å². The van der Waals surface area contributed by atoms with Gasteiger partial charge in [-0.25, -0.2) is 4.99 Å². The Balaban J connectivity index is 2.03. The van der Waals surface area contributed by atoms with Crippen LogP contribution in [-0.4, -0.2) is 25.4 Å². The molecule has 8 heteroatoms. The van der Waals surface area contributed by atoms with Crippen LogP contribution in [0.25, 0.3) is 0 Å². The third-order valence-electron chi connectivity index (χ3n) is 4.31. The van der Waals surface area contributed by atoms with E-state index in [1.807, 2.05) is 0 Å². The molecule has 3 rings (SSSR count). The summed E-state index contributed by atoms with van der Waals surface area (Å²) in [5.41, 5.74) is 2.00. The Morgan fingerprint density at radius 1 is 1.27 bits per heavy atom. The molecule has 0 N–H and O–H groups in total. The molecule has 0 unspecified atom stereocenters. The van der Waals surface area contributed by atoms with Gasteiger partial charge >= 0.3 is 5.69 Å². The van der Waals surface area contributed by atoms with E-state index in [-0.39, 0.29) is 11.4 Å². The van der Waals surface area contributed by atoms with Crippen LogP contribution in [-0.2, 0) is 12.8 Å². The largest absolute Gasteiger partial charge is 0.496 e. The summed E-state index contributed by atoms with van der Waals surface area (Å²) in [6, 6.07) is 5.08. The number of methoxy groups -OCH3 is 2. The molecule has 0 saturated carbocycles. The topological polar surface area (TPSA) is 97.8 Å². The number of benzene rings is 1. The molecule has 0 bridgehead atoms. The lowest BCUT2D eigenvalue weighted by Gasteiger charge is -2.09. The van der Waals surface area contributed by atoms with Crippen molar-refractivity contribution < 1.29 is 14.4 Å². The number of aryl methyl sites for hydroxylation is 1. The molecule has 1 heterocycles. The number of hydrogen-bond acceptors (Lipinski definition) is 7. The highest BCUT2D eigenvalue weighted by atomic mass is 32.1. The number of fused-ring (bicyclic) bond motifs is 1. The average molecular weight is 371 g/mol. The fourth-order valence-electron chi connectivity index (χ4n) is 3.04. The van der Waals surface area contributed by atoms with Gasteiger partial charge in [-0.3, -0.25) is 10.1 Å². The van der Waals surface area contributed by atoms with Gasteiger partial charge in [0, 0.05) is 28.8 Å². The van der Waals surface area contributed by atoms with Gasteiger partial charge in [0.1, 0.15) is 16.8 Å². The number of hydrogen-bond donors (Lipinski definition) is 0. The Hall–Kier alpha value is -2.92. The first-order valence-electron chi connectivity index (χ1n) is 8.08. The summed E-state index contributed by atoms with van der Waals surface area (Å²) < 4.78 is 10.3. The van der Waals surface area contributed by atoms with Gasteiger partial charge in [0.15, 0.2) is 0 Å². The molecule has 0 atom stereocenters. The highest BCUT2D eigenvalue weighted by Gasteiger charge is 2.21. The Kier molecular flexibility index (Phi) is 5.19. The second-order valence-electron chi connectivity index (χ2n) is 5.78. The highest BCUT2D eigenvalue weighted by Crippen LogP contribution is 2.40. The van der Waals surface area contributed by atoms with Crippen LogP contribution in [0.15, 0.2) is 17.1 Å². The van der Waals surface area contributed by atoms with E-state index in [0.29, 0.717) is 21.9 Å². The molecular formula is C18H17N3O4S. The third kappa shape index (κ3) is 3.26. The van der Waals surface area contributed by atoms with Crippen LogP contribution in [0.4, 0.5) is 10.7 Å². The standard InChI is InChI=1S/C18H17N3O4S/c1-24-15-8-16(25-2)14(21(22)23)7-11(15)10-20-18-13(9-19)12-5-3-4-6-17(12)26-18/h7-8,10H,3-6H2,1-2H3/b20-10+. The molecule has 134 valence electrons. The van der Waals surface area contributed by atoms with Gasteiger partial charge in [0.2, 0.25) is 5.75 Å². The van der Waals surface area contributed by atoms with Crippen molar-refractivity contribution in [3.8, 4) is 17.6 Å². The maximum Gasteiger partial charge on any atom is 0.311 e. The van der Waals surface area contributed by atoms with Gasteiger partial charge in [-0.05, 0) is 31.2 Å². The van der Waals surface area contributed by atoms with Crippen LogP contribution in [0.5, 0.6) is 11.5 Å². The number of ether oxygens (including phenoxy) is 2. The number of nitro benzene ring substituents is 1. The molecule has 0 fully saturated rings. The van der Waals surface area contributed by atoms with Crippen molar-refractivity contribution in [1.29, 1.82) is 5.26 Å². The minimum atomic E-state index is -0.514. The SMILES string of the molecule is COc1cc(OC)c([N+](=O)[O-])cc1/C=N/c1sc2c(c1C#N)CCCC2. The number of aliphatic imine (C=N–C) groups is 1. The number of rotatable bonds is 5. The molecule has 1 aliphatic carbocycles. The average Bonchev–Trinajstić information content (AvgIpc) is 3.02. The maximum atomic E-state index is 11.2. The van der Waals surface area contributed by atoms with E-state index in [1.165, 1.54) is 48.8 Å². The van der Waals surface area contributed by atoms with Crippen LogP contribution >= 0.6 is 11.3 Å². The normalized spacial score (nSPS) is 13.3. The quantitative estimate of drug-likeness (QED) is 0.446. The number of thiophene rings is 1. The lowest BCUT2D eigenvalue weighted by molar-refractivity contribution is -0.385. The summed E-state index contributed by atoms with van der Waals surface area (Å²) in [5, 5.41) is 21.4. The predicted molar refractivity (Wildman–Crippen MR) is 99.1 cm³/mol. The molecule has 0 spiro atoms. The molecule has 0 radical (unpaired) electrons. The van der Waals surface area contributed by atoms with Crippen molar-refractivity contribution in [2.75, 3.05) is 14.2 Å². The Morgan fingerprint density at radius 3 is 2.65 bits per heavy atom. The summed E-state index contributed by atoms with van der Waals surface area (Å²) in [7, 11) is 2.84. The van der Waals surface area contributed by atoms with Crippen LogP contribution in [0.2, 0.25) is 0 Å². The summed E-state index contributed by atoms with van der Waals surface area (Å²) in [6.07, 6.45) is 5.59. The summed E-state index contributed by atoms with van der Waals surface area (Å²) in [6.45, 7) is 0. The van der Waals surface area contributed by atoms with E-state index in [9.17, 15) is 15.4 Å². The molecule has 1 aromatic heterocycles. The molecule has 1 aromatic carbocycles. The molecule has 2 aromatic rings. The lowest BCUT2D eigenvalue weighted by Crippen LogP contribution is -1.99. The van der Waals surface area contributed by atoms with E-state index >= 15 is 0 Å². The smallest absolute Gasteiger partial charge is 0.311 e. The molecule has 0 aliphatic heterocycles. The predicted octanol–water partition coefficient (Wildman–Crippen LogP) is 4.17. The van der Waals surface area contributed by atoms with Crippen molar-refractivity contribution in [1.82, 2.24) is 0 Å². The fraction of sp³-hybridized carbons (Fsp3) is 0.333. The Labute approximate surface area is 154 Å². The molecule has 26 heavy (non-hydrogen) atoms. The maximum absolute atomic E-state index is 11.2. The van der Waals surface area contributed by atoms with Crippen molar-refractivity contribution in [3.05, 3.63) is 43.8 Å². The van der Waals surface area contributed by atoms with Gasteiger partial charge in [-0.1, -0.05) is 0 Å². The molecule has 1 aliphatic rings. The van der Waals surface area contributed by atoms with E-state index in [0.717, 1.165) is 31.2 Å². The minimum Gasteiger partial charge on any atom is -0.496 e. The first-order valence-corrected chi connectivity index (χ1v) is 8.89. The fourth-order valence-corrected chi connectivity index (χ4v) is 4.22. The lowest BCUT2D eigenvalue weighted by atomic mass is 9.96. The summed E-state index contributed by atoms with van der Waals surface area (Å²) >= 11 is 1.52. The van der Waals surface area contributed by atoms with Crippen molar-refractivity contribution in [3.63, 3.8) is 0 Å². The highest BCUT2D eigenvalue weighted by molar-refractivity contribution is 7.16. The van der Waals surface area contributed by atoms with Crippen LogP contribution in [0.1, 0.15) is 34.4 Å². The summed E-state index contributed by atoms with van der Waals surface area (Å²) in [4.78, 5) is 16.4. The van der Waals surface area contributed by atoms with Crippen molar-refractivity contribution >= 4 is 28.2 Å². The zero-order valence-electron chi connectivity index (χ0n) is 14.4. The minimum absolute atomic E-state index is 0.119. The van der Waals surface area contributed by atoms with E-state index in [2.05, 4.69) is 11.1 Å². The van der Waals surface area contributed by atoms with Gasteiger partial charge < -0.3 is 9.47 Å². The first-order chi connectivity index (χ1) is 12.6. The third-order valence-corrected chi connectivity index (χ3v) is 5.51. The van der Waals surface area contributed by atoms with Crippen LogP contribution < -0.4 is 9.47 Å². The van der Waals surface area contributed by atoms with E-state index in [1.54, 1.807) is 0 Å². The van der Waals surface area contributed by atoms with Crippen molar-refractivity contribution in [2.24, 2.45) is 4.99 Å². The second-order valence-corrected chi connectivity index (χ2v) is 6.87. The van der Waals surface area contributed by atoms with E-state index < -0.39 is 4.92 Å². The van der Waals surface area contributed by atoms with Gasteiger partial charge in [-0.15, -0.1) is 11.3 Å². The number of nitro groups is 1. The molecule has 0 saturated heterocycles. The first kappa shape index (κ1) is 17.9. The van der Waals surface area contributed by atoms with Crippen LogP contribution in [0.3, 0.4) is 0 Å². The monoisotopic (exact) mass is 371 g/mol. The Bertz CT molecular complexity index is 927. The van der Waals surface area contributed by atoms with Gasteiger partial charge in [0.05, 0.1) is 24.7 Å². The molecule has 7 nitrogen and oxygen atoms in total. The van der Waals surface area contributed by atoms with Gasteiger partial charge in [-0.2, -0.15) is 5.26 Å². The number of nitriles is 1. The molecule has 0 amide bonds. The van der Waals surface area contributed by atoms with Crippen molar-refractivity contribution in [2.45, 2.75) is 25.7 Å². The summed E-state index contributed by atoms with van der Waals surface area (Å²) in [5.74, 6) is 0.532. The second kappa shape index (κ2) is 7.54. The zero-order valence-corrected chi connectivity index (χ0v) is 15.3. The van der Waals surface area contributed by atoms with Crippen LogP contribution in [0, 0.1) is 21.4 Å². The zero-order chi connectivity index (χ0) is 18.7.